The van der Waals surface area contributed by atoms with E-state index in [1.165, 1.54) is 4.57 Å². The Hall–Kier alpha value is -2.53. The van der Waals surface area contributed by atoms with E-state index in [2.05, 4.69) is 4.98 Å². The number of hydrogen-bond acceptors (Lipinski definition) is 5. The van der Waals surface area contributed by atoms with Gasteiger partial charge < -0.3 is 15.4 Å². The first-order valence-electron chi connectivity index (χ1n) is 5.54. The van der Waals surface area contributed by atoms with Gasteiger partial charge in [-0.15, -0.1) is 0 Å². The Morgan fingerprint density at radius 1 is 1.50 bits per heavy atom. The van der Waals surface area contributed by atoms with Crippen molar-refractivity contribution < 1.29 is 14.7 Å². The normalized spacial score (nSPS) is 10.3. The molecule has 0 atom stereocenters. The van der Waals surface area contributed by atoms with E-state index >= 15 is 0 Å². The third-order valence-electron chi connectivity index (χ3n) is 2.48. The van der Waals surface area contributed by atoms with Gasteiger partial charge in [0.25, 0.3) is 0 Å². The molecule has 3 N–H and O–H groups in total. The largest absolute Gasteiger partial charge is 0.481 e. The van der Waals surface area contributed by atoms with Crippen molar-refractivity contribution >= 4 is 34.7 Å². The molecule has 20 heavy (non-hydrogen) atoms. The van der Waals surface area contributed by atoms with E-state index in [-0.39, 0.29) is 12.3 Å². The second-order valence-corrected chi connectivity index (χ2v) is 4.89. The number of rotatable bonds is 5. The van der Waals surface area contributed by atoms with Crippen molar-refractivity contribution in [1.82, 2.24) is 9.55 Å². The molecule has 7 nitrogen and oxygen atoms in total. The lowest BCUT2D eigenvalue weighted by Crippen LogP contribution is -2.19. The molecule has 2 aromatic rings. The monoisotopic (exact) mass is 290 g/mol. The van der Waals surface area contributed by atoms with Crippen LogP contribution in [0.3, 0.4) is 0 Å². The summed E-state index contributed by atoms with van der Waals surface area (Å²) in [5, 5.41) is 18.0. The summed E-state index contributed by atoms with van der Waals surface area (Å²) in [4.78, 5) is 26.0. The summed E-state index contributed by atoms with van der Waals surface area (Å²) in [6.45, 7) is -0.118. The minimum atomic E-state index is -0.981. The fourth-order valence-electron chi connectivity index (χ4n) is 1.72. The average molecular weight is 290 g/mol. The maximum Gasteiger partial charge on any atom is 0.313 e. The van der Waals surface area contributed by atoms with Crippen LogP contribution in [-0.2, 0) is 16.1 Å². The molecule has 1 amide bonds. The van der Waals surface area contributed by atoms with Crippen molar-refractivity contribution in [2.45, 2.75) is 11.7 Å². The van der Waals surface area contributed by atoms with Gasteiger partial charge in [0, 0.05) is 0 Å². The van der Waals surface area contributed by atoms with Crippen molar-refractivity contribution in [1.29, 1.82) is 5.26 Å². The third kappa shape index (κ3) is 2.89. The van der Waals surface area contributed by atoms with Crippen LogP contribution >= 0.6 is 11.8 Å². The highest BCUT2D eigenvalue weighted by Gasteiger charge is 2.14. The Labute approximate surface area is 118 Å². The van der Waals surface area contributed by atoms with Gasteiger partial charge in [-0.3, -0.25) is 9.59 Å². The molecule has 1 aromatic heterocycles. The fraction of sp³-hybridized carbons (Fsp3) is 0.167. The number of carboxylic acid groups (broad SMARTS) is 1. The van der Waals surface area contributed by atoms with E-state index in [1.54, 1.807) is 18.2 Å². The van der Waals surface area contributed by atoms with E-state index in [9.17, 15) is 9.59 Å². The highest BCUT2D eigenvalue weighted by Crippen LogP contribution is 2.24. The first-order chi connectivity index (χ1) is 9.51. The highest BCUT2D eigenvalue weighted by atomic mass is 32.2. The quantitative estimate of drug-likeness (QED) is 0.776. The summed E-state index contributed by atoms with van der Waals surface area (Å²) in [7, 11) is 0. The van der Waals surface area contributed by atoms with Gasteiger partial charge in [0.2, 0.25) is 5.91 Å². The maximum absolute atomic E-state index is 11.1. The standard InChI is InChI=1S/C12H10N4O3S/c13-4-7-1-2-8-9(3-7)16(5-10(14)17)12(15-8)20-6-11(18)19/h1-3H,5-6H2,(H2,14,17)(H,18,19). The molecule has 2 rings (SSSR count). The number of benzene rings is 1. The molecule has 102 valence electrons. The lowest BCUT2D eigenvalue weighted by molar-refractivity contribution is -0.133. The summed E-state index contributed by atoms with van der Waals surface area (Å²) >= 11 is 0.998. The molecule has 0 spiro atoms. The minimum Gasteiger partial charge on any atom is -0.481 e. The number of imidazole rings is 1. The Balaban J connectivity index is 2.52. The number of nitrogens with two attached hydrogens (primary N) is 1. The molecule has 0 unspecified atom stereocenters. The second kappa shape index (κ2) is 5.63. The predicted octanol–water partition coefficient (Wildman–Crippen LogP) is 0.570. The number of nitriles is 1. The number of carbonyl (C=O) groups excluding carboxylic acids is 1. The Kier molecular flexibility index (Phi) is 3.91. The van der Waals surface area contributed by atoms with E-state index in [0.29, 0.717) is 21.8 Å². The van der Waals surface area contributed by atoms with Gasteiger partial charge in [0.05, 0.1) is 28.4 Å². The van der Waals surface area contributed by atoms with E-state index in [4.69, 9.17) is 16.1 Å². The molecule has 1 heterocycles. The zero-order chi connectivity index (χ0) is 14.7. The minimum absolute atomic E-state index is 0.118. The topological polar surface area (TPSA) is 122 Å². The number of carbonyl (C=O) groups is 2. The number of hydrogen-bond donors (Lipinski definition) is 2. The van der Waals surface area contributed by atoms with Crippen LogP contribution in [0.4, 0.5) is 0 Å². The highest BCUT2D eigenvalue weighted by molar-refractivity contribution is 7.99. The number of aliphatic carboxylic acids is 1. The lowest BCUT2D eigenvalue weighted by Gasteiger charge is -2.05. The van der Waals surface area contributed by atoms with Crippen molar-refractivity contribution in [2.24, 2.45) is 5.73 Å². The van der Waals surface area contributed by atoms with Gasteiger partial charge in [-0.05, 0) is 18.2 Å². The summed E-state index contributed by atoms with van der Waals surface area (Å²) in [6.07, 6.45) is 0. The van der Waals surface area contributed by atoms with Crippen LogP contribution in [0, 0.1) is 11.3 Å². The number of nitrogens with zero attached hydrogens (tertiary/aromatic N) is 3. The number of fused-ring (bicyclic) bond motifs is 1. The summed E-state index contributed by atoms with van der Waals surface area (Å²) in [5.41, 5.74) is 6.78. The van der Waals surface area contributed by atoms with E-state index in [1.807, 2.05) is 6.07 Å². The number of primary amides is 1. The van der Waals surface area contributed by atoms with Crippen LogP contribution in [0.15, 0.2) is 23.4 Å². The number of amides is 1. The summed E-state index contributed by atoms with van der Waals surface area (Å²) in [6, 6.07) is 6.85. The zero-order valence-electron chi connectivity index (χ0n) is 10.2. The molecule has 0 aliphatic heterocycles. The molecular weight excluding hydrogens is 280 g/mol. The number of thioether (sulfide) groups is 1. The van der Waals surface area contributed by atoms with Gasteiger partial charge in [0.15, 0.2) is 5.16 Å². The molecule has 0 radical (unpaired) electrons. The predicted molar refractivity (Wildman–Crippen MR) is 72.0 cm³/mol. The first-order valence-corrected chi connectivity index (χ1v) is 6.53. The van der Waals surface area contributed by atoms with Crippen molar-refractivity contribution in [3.05, 3.63) is 23.8 Å². The van der Waals surface area contributed by atoms with Crippen molar-refractivity contribution in [3.63, 3.8) is 0 Å². The molecule has 8 heteroatoms. The smallest absolute Gasteiger partial charge is 0.313 e. The molecular formula is C12H10N4O3S. The molecule has 0 fully saturated rings. The van der Waals surface area contributed by atoms with E-state index < -0.39 is 11.9 Å². The summed E-state index contributed by atoms with van der Waals surface area (Å²) in [5.74, 6) is -1.72. The third-order valence-corrected chi connectivity index (χ3v) is 3.44. The SMILES string of the molecule is N#Cc1ccc2nc(SCC(=O)O)n(CC(N)=O)c2c1. The molecule has 0 saturated carbocycles. The van der Waals surface area contributed by atoms with Crippen LogP contribution in [0.25, 0.3) is 11.0 Å². The van der Waals surface area contributed by atoms with Crippen LogP contribution in [-0.4, -0.2) is 32.3 Å². The van der Waals surface area contributed by atoms with Gasteiger partial charge in [-0.1, -0.05) is 11.8 Å². The second-order valence-electron chi connectivity index (χ2n) is 3.94. The Morgan fingerprint density at radius 2 is 2.25 bits per heavy atom. The molecule has 0 aliphatic rings. The molecule has 1 aromatic carbocycles. The Bertz CT molecular complexity index is 732. The van der Waals surface area contributed by atoms with Crippen LogP contribution in [0.5, 0.6) is 0 Å². The average Bonchev–Trinajstić information content (AvgIpc) is 2.73. The molecule has 0 saturated heterocycles. The first kappa shape index (κ1) is 13.9. The van der Waals surface area contributed by atoms with E-state index in [0.717, 1.165) is 11.8 Å². The lowest BCUT2D eigenvalue weighted by atomic mass is 10.2. The molecule has 0 bridgehead atoms. The molecule has 0 aliphatic carbocycles. The van der Waals surface area contributed by atoms with Gasteiger partial charge >= 0.3 is 5.97 Å². The van der Waals surface area contributed by atoms with Crippen LogP contribution in [0.1, 0.15) is 5.56 Å². The summed E-state index contributed by atoms with van der Waals surface area (Å²) < 4.78 is 1.52. The number of aromatic nitrogens is 2. The Morgan fingerprint density at radius 3 is 2.85 bits per heavy atom. The van der Waals surface area contributed by atoms with Gasteiger partial charge in [0.1, 0.15) is 6.54 Å². The van der Waals surface area contributed by atoms with Gasteiger partial charge in [-0.2, -0.15) is 5.26 Å². The van der Waals surface area contributed by atoms with Crippen LogP contribution in [0.2, 0.25) is 0 Å². The fourth-order valence-corrected chi connectivity index (χ4v) is 2.45. The maximum atomic E-state index is 11.1. The van der Waals surface area contributed by atoms with Crippen LogP contribution < -0.4 is 5.73 Å². The van der Waals surface area contributed by atoms with Crippen molar-refractivity contribution in [3.8, 4) is 6.07 Å². The zero-order valence-corrected chi connectivity index (χ0v) is 11.1. The number of carboxylic acids is 1. The van der Waals surface area contributed by atoms with Gasteiger partial charge in [-0.25, -0.2) is 4.98 Å². The van der Waals surface area contributed by atoms with Crippen molar-refractivity contribution in [2.75, 3.05) is 5.75 Å².